The van der Waals surface area contributed by atoms with Gasteiger partial charge in [-0.05, 0) is 26.2 Å². The normalized spacial score (nSPS) is 18.8. The number of nitrogens with zero attached hydrogens (tertiary/aromatic N) is 3. The van der Waals surface area contributed by atoms with Gasteiger partial charge >= 0.3 is 0 Å². The first kappa shape index (κ1) is 10.6. The van der Waals surface area contributed by atoms with Gasteiger partial charge in [-0.2, -0.15) is 0 Å². The number of aromatic nitrogens is 3. The van der Waals surface area contributed by atoms with Crippen molar-refractivity contribution in [3.8, 4) is 0 Å². The first-order valence-corrected chi connectivity index (χ1v) is 5.56. The van der Waals surface area contributed by atoms with Crippen molar-refractivity contribution in [3.63, 3.8) is 0 Å². The molecule has 0 radical (unpaired) electrons. The predicted molar refractivity (Wildman–Crippen MR) is 58.2 cm³/mol. The van der Waals surface area contributed by atoms with Crippen LogP contribution >= 0.6 is 0 Å². The Balaban J connectivity index is 1.73. The van der Waals surface area contributed by atoms with Gasteiger partial charge < -0.3 is 11.1 Å². The largest absolute Gasteiger partial charge is 0.325 e. The smallest absolute Gasteiger partial charge is 0.0962 e. The van der Waals surface area contributed by atoms with Crippen LogP contribution in [0.15, 0.2) is 6.20 Å². The van der Waals surface area contributed by atoms with Crippen LogP contribution in [0.3, 0.4) is 0 Å². The van der Waals surface area contributed by atoms with Crippen molar-refractivity contribution in [2.24, 2.45) is 5.73 Å². The molecule has 0 saturated heterocycles. The van der Waals surface area contributed by atoms with Gasteiger partial charge in [-0.15, -0.1) is 5.10 Å². The molecule has 0 atom stereocenters. The fourth-order valence-corrected chi connectivity index (χ4v) is 1.90. The Morgan fingerprint density at radius 2 is 2.40 bits per heavy atom. The predicted octanol–water partition coefficient (Wildman–Crippen LogP) is 0.269. The van der Waals surface area contributed by atoms with Crippen molar-refractivity contribution >= 4 is 0 Å². The molecule has 0 aliphatic heterocycles. The average Bonchev–Trinajstić information content (AvgIpc) is 2.63. The summed E-state index contributed by atoms with van der Waals surface area (Å²) in [6.45, 7) is 4.56. The maximum atomic E-state index is 5.46. The summed E-state index contributed by atoms with van der Waals surface area (Å²) in [5.74, 6) is 0. The molecule has 1 heterocycles. The third kappa shape index (κ3) is 2.54. The van der Waals surface area contributed by atoms with Crippen molar-refractivity contribution in [2.75, 3.05) is 6.54 Å². The molecule has 1 aliphatic carbocycles. The third-order valence-electron chi connectivity index (χ3n) is 3.15. The molecule has 0 unspecified atom stereocenters. The standard InChI is InChI=1S/C10H19N5/c1-10(3-2-4-10)12-5-6-15-8-9(7-11)13-14-15/h8,12H,2-7,11H2,1H3. The second-order valence-corrected chi connectivity index (χ2v) is 4.52. The molecule has 0 aromatic carbocycles. The minimum atomic E-state index is 0.372. The van der Waals surface area contributed by atoms with E-state index in [1.54, 1.807) is 0 Å². The summed E-state index contributed by atoms with van der Waals surface area (Å²) in [6.07, 6.45) is 5.84. The van der Waals surface area contributed by atoms with Crippen LogP contribution in [0.2, 0.25) is 0 Å². The molecule has 0 spiro atoms. The van der Waals surface area contributed by atoms with E-state index in [0.29, 0.717) is 12.1 Å². The van der Waals surface area contributed by atoms with E-state index in [1.165, 1.54) is 19.3 Å². The fraction of sp³-hybridized carbons (Fsp3) is 0.800. The van der Waals surface area contributed by atoms with Crippen molar-refractivity contribution < 1.29 is 0 Å². The molecular formula is C10H19N5. The first-order valence-electron chi connectivity index (χ1n) is 5.56. The molecule has 15 heavy (non-hydrogen) atoms. The Labute approximate surface area is 90.0 Å². The molecule has 3 N–H and O–H groups in total. The van der Waals surface area contributed by atoms with Gasteiger partial charge in [-0.1, -0.05) is 5.21 Å². The monoisotopic (exact) mass is 209 g/mol. The van der Waals surface area contributed by atoms with Gasteiger partial charge in [0.25, 0.3) is 0 Å². The zero-order valence-corrected chi connectivity index (χ0v) is 9.24. The molecule has 1 aliphatic rings. The second-order valence-electron chi connectivity index (χ2n) is 4.52. The van der Waals surface area contributed by atoms with Gasteiger partial charge in [0.2, 0.25) is 0 Å². The van der Waals surface area contributed by atoms with Gasteiger partial charge in [0.05, 0.1) is 12.2 Å². The van der Waals surface area contributed by atoms with E-state index < -0.39 is 0 Å². The van der Waals surface area contributed by atoms with Crippen LogP contribution in [0.4, 0.5) is 0 Å². The van der Waals surface area contributed by atoms with Crippen LogP contribution in [-0.2, 0) is 13.1 Å². The summed E-state index contributed by atoms with van der Waals surface area (Å²) in [5.41, 5.74) is 6.68. The number of hydrogen-bond acceptors (Lipinski definition) is 4. The van der Waals surface area contributed by atoms with Crippen LogP contribution in [0, 0.1) is 0 Å². The Morgan fingerprint density at radius 3 is 2.93 bits per heavy atom. The lowest BCUT2D eigenvalue weighted by Crippen LogP contribution is -2.49. The maximum Gasteiger partial charge on any atom is 0.0962 e. The van der Waals surface area contributed by atoms with E-state index in [4.69, 9.17) is 5.73 Å². The highest BCUT2D eigenvalue weighted by Gasteiger charge is 2.30. The summed E-state index contributed by atoms with van der Waals surface area (Å²) in [4.78, 5) is 0. The Bertz CT molecular complexity index is 315. The summed E-state index contributed by atoms with van der Waals surface area (Å²) in [7, 11) is 0. The van der Waals surface area contributed by atoms with Crippen molar-refractivity contribution in [2.45, 2.75) is 44.8 Å². The van der Waals surface area contributed by atoms with E-state index in [9.17, 15) is 0 Å². The minimum Gasteiger partial charge on any atom is -0.325 e. The van der Waals surface area contributed by atoms with Crippen LogP contribution in [0.5, 0.6) is 0 Å². The highest BCUT2D eigenvalue weighted by atomic mass is 15.4. The number of nitrogens with two attached hydrogens (primary N) is 1. The quantitative estimate of drug-likeness (QED) is 0.730. The summed E-state index contributed by atoms with van der Waals surface area (Å²) in [5, 5.41) is 11.5. The lowest BCUT2D eigenvalue weighted by Gasteiger charge is -2.39. The molecule has 5 nitrogen and oxygen atoms in total. The van der Waals surface area contributed by atoms with Crippen LogP contribution < -0.4 is 11.1 Å². The van der Waals surface area contributed by atoms with Gasteiger partial charge in [-0.3, -0.25) is 4.68 Å². The highest BCUT2D eigenvalue weighted by molar-refractivity contribution is 4.92. The Morgan fingerprint density at radius 1 is 1.60 bits per heavy atom. The number of rotatable bonds is 5. The number of hydrogen-bond donors (Lipinski definition) is 2. The zero-order chi connectivity index (χ0) is 10.7. The third-order valence-corrected chi connectivity index (χ3v) is 3.15. The van der Waals surface area contributed by atoms with Crippen LogP contribution in [0.25, 0.3) is 0 Å². The molecular weight excluding hydrogens is 190 g/mol. The first-order chi connectivity index (χ1) is 7.22. The van der Waals surface area contributed by atoms with Gasteiger partial charge in [0.1, 0.15) is 0 Å². The van der Waals surface area contributed by atoms with Gasteiger partial charge in [-0.25, -0.2) is 0 Å². The average molecular weight is 209 g/mol. The zero-order valence-electron chi connectivity index (χ0n) is 9.24. The molecule has 1 saturated carbocycles. The van der Waals surface area contributed by atoms with Crippen molar-refractivity contribution in [3.05, 3.63) is 11.9 Å². The lowest BCUT2D eigenvalue weighted by atomic mass is 9.78. The SMILES string of the molecule is CC1(NCCn2cc(CN)nn2)CCC1. The number of nitrogens with one attached hydrogen (secondary N) is 1. The summed E-state index contributed by atoms with van der Waals surface area (Å²) in [6, 6.07) is 0. The Hall–Kier alpha value is -0.940. The molecule has 2 rings (SSSR count). The molecule has 1 fully saturated rings. The molecule has 1 aromatic rings. The fourth-order valence-electron chi connectivity index (χ4n) is 1.90. The van der Waals surface area contributed by atoms with Crippen LogP contribution in [0.1, 0.15) is 31.9 Å². The van der Waals surface area contributed by atoms with E-state index in [1.807, 2.05) is 10.9 Å². The summed E-state index contributed by atoms with van der Waals surface area (Å²) < 4.78 is 1.84. The van der Waals surface area contributed by atoms with Crippen molar-refractivity contribution in [1.82, 2.24) is 20.3 Å². The molecule has 1 aromatic heterocycles. The molecule has 84 valence electrons. The topological polar surface area (TPSA) is 68.8 Å². The molecule has 0 amide bonds. The molecule has 5 heteroatoms. The van der Waals surface area contributed by atoms with Crippen molar-refractivity contribution in [1.29, 1.82) is 0 Å². The van der Waals surface area contributed by atoms with Crippen LogP contribution in [-0.4, -0.2) is 27.1 Å². The maximum absolute atomic E-state index is 5.46. The van der Waals surface area contributed by atoms with E-state index >= 15 is 0 Å². The minimum absolute atomic E-state index is 0.372. The van der Waals surface area contributed by atoms with E-state index in [2.05, 4.69) is 22.6 Å². The van der Waals surface area contributed by atoms with Gasteiger partial charge in [0, 0.05) is 24.8 Å². The second kappa shape index (κ2) is 4.28. The Kier molecular flexibility index (Phi) is 3.02. The highest BCUT2D eigenvalue weighted by Crippen LogP contribution is 2.30. The summed E-state index contributed by atoms with van der Waals surface area (Å²) >= 11 is 0. The van der Waals surface area contributed by atoms with E-state index in [-0.39, 0.29) is 0 Å². The lowest BCUT2D eigenvalue weighted by molar-refractivity contribution is 0.206. The van der Waals surface area contributed by atoms with Gasteiger partial charge in [0.15, 0.2) is 0 Å². The van der Waals surface area contributed by atoms with E-state index in [0.717, 1.165) is 18.8 Å². The molecule has 0 bridgehead atoms.